The first kappa shape index (κ1) is 14.3. The van der Waals surface area contributed by atoms with E-state index in [1.807, 2.05) is 31.2 Å². The van der Waals surface area contributed by atoms with Gasteiger partial charge in [-0.2, -0.15) is 0 Å². The number of rotatable bonds is 4. The van der Waals surface area contributed by atoms with E-state index in [-0.39, 0.29) is 11.9 Å². The summed E-state index contributed by atoms with van der Waals surface area (Å²) < 4.78 is 9.15. The molecule has 0 fully saturated rings. The lowest BCUT2D eigenvalue weighted by atomic mass is 10.1. The Bertz CT molecular complexity index is 794. The summed E-state index contributed by atoms with van der Waals surface area (Å²) in [6.45, 7) is 3.75. The fourth-order valence-electron chi connectivity index (χ4n) is 1.85. The smallest absolute Gasteiger partial charge is 0.322 e. The second-order valence-electron chi connectivity index (χ2n) is 4.80. The number of carbonyl (C=O) groups excluding carboxylic acids is 1. The predicted octanol–water partition coefficient (Wildman–Crippen LogP) is 2.38. The maximum absolute atomic E-state index is 12.0. The molecule has 1 amide bonds. The highest BCUT2D eigenvalue weighted by Gasteiger charge is 2.16. The molecule has 7 nitrogen and oxygen atoms in total. The third-order valence-electron chi connectivity index (χ3n) is 3.02. The Labute approximate surface area is 130 Å². The van der Waals surface area contributed by atoms with E-state index in [4.69, 9.17) is 4.42 Å². The highest BCUT2D eigenvalue weighted by molar-refractivity contribution is 7.08. The quantitative estimate of drug-likeness (QED) is 0.794. The zero-order valence-corrected chi connectivity index (χ0v) is 12.8. The number of nitrogens with zero attached hydrogens (tertiary/aromatic N) is 4. The molecular weight excluding hydrogens is 302 g/mol. The van der Waals surface area contributed by atoms with Crippen LogP contribution in [-0.2, 0) is 6.42 Å². The van der Waals surface area contributed by atoms with Gasteiger partial charge >= 0.3 is 6.01 Å². The van der Waals surface area contributed by atoms with E-state index in [1.54, 1.807) is 6.92 Å². The molecule has 0 unspecified atom stereocenters. The summed E-state index contributed by atoms with van der Waals surface area (Å²) >= 11 is 1.02. The SMILES string of the molecule is Cc1ccc(Cc2nnc(NC(=O)c3snnc3C)o2)cc1. The van der Waals surface area contributed by atoms with E-state index < -0.39 is 0 Å². The molecule has 0 saturated heterocycles. The largest absolute Gasteiger partial charge is 0.407 e. The Morgan fingerprint density at radius 1 is 1.18 bits per heavy atom. The van der Waals surface area contributed by atoms with Gasteiger partial charge in [0.2, 0.25) is 5.89 Å². The van der Waals surface area contributed by atoms with Crippen molar-refractivity contribution in [3.8, 4) is 0 Å². The molecule has 2 aromatic heterocycles. The Morgan fingerprint density at radius 2 is 1.95 bits per heavy atom. The number of aryl methyl sites for hydroxylation is 2. The zero-order valence-electron chi connectivity index (χ0n) is 12.0. The molecule has 22 heavy (non-hydrogen) atoms. The van der Waals surface area contributed by atoms with Gasteiger partial charge in [0.05, 0.1) is 12.1 Å². The van der Waals surface area contributed by atoms with Gasteiger partial charge < -0.3 is 4.42 Å². The lowest BCUT2D eigenvalue weighted by Gasteiger charge is -1.98. The van der Waals surface area contributed by atoms with Crippen LogP contribution in [0.4, 0.5) is 6.01 Å². The molecular formula is C14H13N5O2S. The number of aromatic nitrogens is 4. The number of benzene rings is 1. The minimum atomic E-state index is -0.349. The standard InChI is InChI=1S/C14H13N5O2S/c1-8-3-5-10(6-4-8)7-11-17-18-14(21-11)15-13(20)12-9(2)16-19-22-12/h3-6H,7H2,1-2H3,(H,15,18,20). The van der Waals surface area contributed by atoms with Crippen LogP contribution in [0, 0.1) is 13.8 Å². The molecule has 1 N–H and O–H groups in total. The highest BCUT2D eigenvalue weighted by atomic mass is 32.1. The van der Waals surface area contributed by atoms with E-state index in [2.05, 4.69) is 25.1 Å². The minimum absolute atomic E-state index is 0.0694. The molecule has 0 atom stereocenters. The number of carbonyl (C=O) groups is 1. The number of amides is 1. The van der Waals surface area contributed by atoms with E-state index in [9.17, 15) is 4.79 Å². The van der Waals surface area contributed by atoms with Crippen molar-refractivity contribution in [1.29, 1.82) is 0 Å². The first-order valence-electron chi connectivity index (χ1n) is 6.60. The van der Waals surface area contributed by atoms with Crippen molar-refractivity contribution in [2.24, 2.45) is 0 Å². The third kappa shape index (κ3) is 3.17. The lowest BCUT2D eigenvalue weighted by Crippen LogP contribution is -2.11. The van der Waals surface area contributed by atoms with Gasteiger partial charge in [-0.05, 0) is 30.9 Å². The van der Waals surface area contributed by atoms with Gasteiger partial charge in [0.1, 0.15) is 4.88 Å². The summed E-state index contributed by atoms with van der Waals surface area (Å²) in [5, 5.41) is 14.1. The Morgan fingerprint density at radius 3 is 2.64 bits per heavy atom. The van der Waals surface area contributed by atoms with Crippen molar-refractivity contribution in [3.05, 3.63) is 51.9 Å². The Kier molecular flexibility index (Phi) is 3.92. The Balaban J connectivity index is 1.67. The summed E-state index contributed by atoms with van der Waals surface area (Å²) in [7, 11) is 0. The van der Waals surface area contributed by atoms with Crippen LogP contribution in [0.2, 0.25) is 0 Å². The molecule has 0 aliphatic heterocycles. The number of nitrogens with one attached hydrogen (secondary N) is 1. The normalized spacial score (nSPS) is 10.6. The van der Waals surface area contributed by atoms with Crippen LogP contribution in [0.3, 0.4) is 0 Å². The van der Waals surface area contributed by atoms with Crippen molar-refractivity contribution >= 4 is 23.5 Å². The number of hydrogen-bond donors (Lipinski definition) is 1. The molecule has 112 valence electrons. The fourth-order valence-corrected chi connectivity index (χ4v) is 2.40. The molecule has 0 radical (unpaired) electrons. The van der Waals surface area contributed by atoms with Gasteiger partial charge in [-0.25, -0.2) is 0 Å². The van der Waals surface area contributed by atoms with E-state index >= 15 is 0 Å². The van der Waals surface area contributed by atoms with Crippen LogP contribution < -0.4 is 5.32 Å². The van der Waals surface area contributed by atoms with Gasteiger partial charge in [-0.15, -0.1) is 10.2 Å². The molecule has 0 aliphatic carbocycles. The predicted molar refractivity (Wildman–Crippen MR) is 80.9 cm³/mol. The first-order valence-corrected chi connectivity index (χ1v) is 7.37. The van der Waals surface area contributed by atoms with Crippen LogP contribution in [-0.4, -0.2) is 25.7 Å². The van der Waals surface area contributed by atoms with Crippen LogP contribution in [0.5, 0.6) is 0 Å². The lowest BCUT2D eigenvalue weighted by molar-refractivity contribution is 0.102. The van der Waals surface area contributed by atoms with Crippen LogP contribution in [0.25, 0.3) is 0 Å². The van der Waals surface area contributed by atoms with Crippen molar-refractivity contribution in [3.63, 3.8) is 0 Å². The van der Waals surface area contributed by atoms with Crippen LogP contribution >= 0.6 is 11.5 Å². The van der Waals surface area contributed by atoms with Gasteiger partial charge in [0, 0.05) is 0 Å². The zero-order chi connectivity index (χ0) is 15.5. The maximum atomic E-state index is 12.0. The molecule has 0 aliphatic rings. The summed E-state index contributed by atoms with van der Waals surface area (Å²) in [4.78, 5) is 12.4. The molecule has 8 heteroatoms. The third-order valence-corrected chi connectivity index (χ3v) is 3.85. The molecule has 0 spiro atoms. The maximum Gasteiger partial charge on any atom is 0.322 e. The average molecular weight is 315 g/mol. The minimum Gasteiger partial charge on any atom is -0.407 e. The topological polar surface area (TPSA) is 93.8 Å². The van der Waals surface area contributed by atoms with E-state index in [1.165, 1.54) is 5.56 Å². The highest BCUT2D eigenvalue weighted by Crippen LogP contribution is 2.15. The summed E-state index contributed by atoms with van der Waals surface area (Å²) in [5.74, 6) is 0.0938. The van der Waals surface area contributed by atoms with Crippen molar-refractivity contribution < 1.29 is 9.21 Å². The van der Waals surface area contributed by atoms with Crippen molar-refractivity contribution in [2.45, 2.75) is 20.3 Å². The summed E-state index contributed by atoms with van der Waals surface area (Å²) in [6, 6.07) is 8.12. The first-order chi connectivity index (χ1) is 10.6. The van der Waals surface area contributed by atoms with Crippen LogP contribution in [0.15, 0.2) is 28.7 Å². The number of anilines is 1. The molecule has 3 aromatic rings. The second-order valence-corrected chi connectivity index (χ2v) is 5.56. The van der Waals surface area contributed by atoms with Gasteiger partial charge in [-0.3, -0.25) is 10.1 Å². The Hall–Kier alpha value is -2.61. The molecule has 1 aromatic carbocycles. The van der Waals surface area contributed by atoms with Gasteiger partial charge in [0.15, 0.2) is 0 Å². The molecule has 2 heterocycles. The number of hydrogen-bond acceptors (Lipinski definition) is 7. The van der Waals surface area contributed by atoms with Gasteiger partial charge in [-0.1, -0.05) is 39.4 Å². The van der Waals surface area contributed by atoms with Crippen molar-refractivity contribution in [2.75, 3.05) is 5.32 Å². The second kappa shape index (κ2) is 6.02. The monoisotopic (exact) mass is 315 g/mol. The summed E-state index contributed by atoms with van der Waals surface area (Å²) in [6.07, 6.45) is 0.518. The molecule has 0 bridgehead atoms. The van der Waals surface area contributed by atoms with Crippen molar-refractivity contribution in [1.82, 2.24) is 19.8 Å². The summed E-state index contributed by atoms with van der Waals surface area (Å²) in [5.41, 5.74) is 2.83. The van der Waals surface area contributed by atoms with Crippen LogP contribution in [0.1, 0.15) is 32.4 Å². The van der Waals surface area contributed by atoms with E-state index in [0.717, 1.165) is 17.1 Å². The fraction of sp³-hybridized carbons (Fsp3) is 0.214. The van der Waals surface area contributed by atoms with Gasteiger partial charge in [0.25, 0.3) is 5.91 Å². The van der Waals surface area contributed by atoms with E-state index in [0.29, 0.717) is 22.9 Å². The molecule has 0 saturated carbocycles. The average Bonchev–Trinajstić information content (AvgIpc) is 3.10. The molecule has 3 rings (SSSR count).